The van der Waals surface area contributed by atoms with E-state index in [0.29, 0.717) is 32.1 Å². The summed E-state index contributed by atoms with van der Waals surface area (Å²) in [5, 5.41) is 2.60. The molecule has 29 heavy (non-hydrogen) atoms. The van der Waals surface area contributed by atoms with Crippen LogP contribution in [-0.2, 0) is 15.7 Å². The number of pyridine rings is 1. The van der Waals surface area contributed by atoms with Crippen LogP contribution in [0.1, 0.15) is 44.9 Å². The number of likely N-dealkylation sites (tertiary alicyclic amines) is 1. The lowest BCUT2D eigenvalue weighted by molar-refractivity contribution is -0.137. The molecule has 0 aliphatic carbocycles. The Morgan fingerprint density at radius 3 is 2.41 bits per heavy atom. The number of piperidine rings is 1. The van der Waals surface area contributed by atoms with E-state index in [-0.39, 0.29) is 22.9 Å². The van der Waals surface area contributed by atoms with Crippen LogP contribution in [0.3, 0.4) is 0 Å². The molecule has 0 unspecified atom stereocenters. The van der Waals surface area contributed by atoms with Crippen molar-refractivity contribution in [2.75, 3.05) is 13.1 Å². The Bertz CT molecular complexity index is 783. The maximum atomic E-state index is 12.6. The van der Waals surface area contributed by atoms with Gasteiger partial charge in [0.25, 0.3) is 0 Å². The fourth-order valence-corrected chi connectivity index (χ4v) is 2.89. The highest BCUT2D eigenvalue weighted by Crippen LogP contribution is 2.31. The molecule has 1 aromatic rings. The first-order valence-electron chi connectivity index (χ1n) is 9.04. The van der Waals surface area contributed by atoms with Crippen molar-refractivity contribution in [3.63, 3.8) is 0 Å². The number of hydrogen-bond donors (Lipinski definition) is 1. The van der Waals surface area contributed by atoms with Gasteiger partial charge in [0.15, 0.2) is 0 Å². The van der Waals surface area contributed by atoms with E-state index in [0.717, 1.165) is 6.07 Å². The van der Waals surface area contributed by atoms with E-state index < -0.39 is 23.2 Å². The molecular formula is C19H23ClF3N3O3. The van der Waals surface area contributed by atoms with Gasteiger partial charge in [-0.3, -0.25) is 9.78 Å². The van der Waals surface area contributed by atoms with Gasteiger partial charge in [0, 0.05) is 31.4 Å². The first kappa shape index (κ1) is 23.0. The quantitative estimate of drug-likeness (QED) is 0.722. The number of hydrogen-bond acceptors (Lipinski definition) is 4. The second-order valence-electron chi connectivity index (χ2n) is 7.67. The third-order valence-electron chi connectivity index (χ3n) is 4.08. The minimum absolute atomic E-state index is 0.0644. The van der Waals surface area contributed by atoms with Gasteiger partial charge in [0.05, 0.1) is 16.3 Å². The van der Waals surface area contributed by atoms with Gasteiger partial charge < -0.3 is 15.0 Å². The molecule has 2 rings (SSSR count). The van der Waals surface area contributed by atoms with Crippen LogP contribution in [0.5, 0.6) is 0 Å². The minimum atomic E-state index is -4.54. The first-order chi connectivity index (χ1) is 13.3. The SMILES string of the molecule is CC(C)(C)OC(=O)N1CCC(NC(=O)C=Cc2ncc(C(F)(F)F)cc2Cl)CC1. The van der Waals surface area contributed by atoms with Gasteiger partial charge in [-0.05, 0) is 45.8 Å². The summed E-state index contributed by atoms with van der Waals surface area (Å²) in [5.41, 5.74) is -1.46. The second-order valence-corrected chi connectivity index (χ2v) is 8.08. The zero-order chi connectivity index (χ0) is 21.8. The van der Waals surface area contributed by atoms with Crippen LogP contribution >= 0.6 is 11.6 Å². The van der Waals surface area contributed by atoms with Crippen LogP contribution in [0.2, 0.25) is 5.02 Å². The molecule has 10 heteroatoms. The van der Waals surface area contributed by atoms with Gasteiger partial charge in [0.2, 0.25) is 5.91 Å². The topological polar surface area (TPSA) is 71.5 Å². The summed E-state index contributed by atoms with van der Waals surface area (Å²) in [6, 6.07) is 0.639. The van der Waals surface area contributed by atoms with Crippen LogP contribution in [0.15, 0.2) is 18.3 Å². The molecule has 2 amide bonds. The largest absolute Gasteiger partial charge is 0.444 e. The van der Waals surface area contributed by atoms with Gasteiger partial charge in [0.1, 0.15) is 5.60 Å². The summed E-state index contributed by atoms with van der Waals surface area (Å²) in [6.07, 6.45) is -0.698. The van der Waals surface area contributed by atoms with Crippen LogP contribution in [0, 0.1) is 0 Å². The Balaban J connectivity index is 1.85. The molecule has 6 nitrogen and oxygen atoms in total. The molecule has 1 saturated heterocycles. The van der Waals surface area contributed by atoms with Crippen LogP contribution in [0.4, 0.5) is 18.0 Å². The number of ether oxygens (including phenoxy) is 1. The van der Waals surface area contributed by atoms with Gasteiger partial charge in [-0.15, -0.1) is 0 Å². The lowest BCUT2D eigenvalue weighted by Gasteiger charge is -2.33. The molecule has 0 radical (unpaired) electrons. The van der Waals surface area contributed by atoms with Crippen molar-refractivity contribution in [1.29, 1.82) is 0 Å². The number of rotatable bonds is 3. The number of aromatic nitrogens is 1. The summed E-state index contributed by atoms with van der Waals surface area (Å²) >= 11 is 5.81. The number of carbonyl (C=O) groups is 2. The molecule has 1 aromatic heterocycles. The number of nitrogens with zero attached hydrogens (tertiary/aromatic N) is 2. The van der Waals surface area contributed by atoms with Crippen LogP contribution in [-0.4, -0.2) is 46.6 Å². The minimum Gasteiger partial charge on any atom is -0.444 e. The Hall–Kier alpha value is -2.29. The van der Waals surface area contributed by atoms with Gasteiger partial charge in [-0.25, -0.2) is 4.79 Å². The molecular weight excluding hydrogens is 411 g/mol. The number of amides is 2. The highest BCUT2D eigenvalue weighted by Gasteiger charge is 2.31. The fraction of sp³-hybridized carbons (Fsp3) is 0.526. The van der Waals surface area contributed by atoms with Gasteiger partial charge in [-0.1, -0.05) is 11.6 Å². The third kappa shape index (κ3) is 7.23. The third-order valence-corrected chi connectivity index (χ3v) is 4.39. The molecule has 1 N–H and O–H groups in total. The molecule has 0 spiro atoms. The second kappa shape index (κ2) is 9.02. The zero-order valence-corrected chi connectivity index (χ0v) is 17.1. The molecule has 160 valence electrons. The predicted octanol–water partition coefficient (Wildman–Crippen LogP) is 4.28. The predicted molar refractivity (Wildman–Crippen MR) is 102 cm³/mol. The van der Waals surface area contributed by atoms with Crippen molar-refractivity contribution < 1.29 is 27.5 Å². The lowest BCUT2D eigenvalue weighted by Crippen LogP contribution is -2.47. The number of nitrogens with one attached hydrogen (secondary N) is 1. The smallest absolute Gasteiger partial charge is 0.417 e. The van der Waals surface area contributed by atoms with Crippen molar-refractivity contribution in [3.05, 3.63) is 34.6 Å². The average molecular weight is 434 g/mol. The van der Waals surface area contributed by atoms with Crippen LogP contribution < -0.4 is 5.32 Å². The monoisotopic (exact) mass is 433 g/mol. The van der Waals surface area contributed by atoms with E-state index in [1.165, 1.54) is 12.2 Å². The summed E-state index contributed by atoms with van der Waals surface area (Å²) in [4.78, 5) is 29.3. The fourth-order valence-electron chi connectivity index (χ4n) is 2.66. The van der Waals surface area contributed by atoms with E-state index in [1.807, 2.05) is 0 Å². The van der Waals surface area contributed by atoms with Crippen molar-refractivity contribution in [2.45, 2.75) is 51.4 Å². The Morgan fingerprint density at radius 2 is 1.90 bits per heavy atom. The Kier molecular flexibility index (Phi) is 7.15. The van der Waals surface area contributed by atoms with E-state index in [4.69, 9.17) is 16.3 Å². The molecule has 1 aliphatic heterocycles. The highest BCUT2D eigenvalue weighted by atomic mass is 35.5. The summed E-state index contributed by atoms with van der Waals surface area (Å²) < 4.78 is 43.2. The summed E-state index contributed by atoms with van der Waals surface area (Å²) in [6.45, 7) is 6.29. The number of carbonyl (C=O) groups excluding carboxylic acids is 2. The van der Waals surface area contributed by atoms with Crippen molar-refractivity contribution in [1.82, 2.24) is 15.2 Å². The highest BCUT2D eigenvalue weighted by molar-refractivity contribution is 6.32. The summed E-state index contributed by atoms with van der Waals surface area (Å²) in [5.74, 6) is -0.418. The summed E-state index contributed by atoms with van der Waals surface area (Å²) in [7, 11) is 0. The number of halogens is 4. The molecule has 0 bridgehead atoms. The molecule has 0 saturated carbocycles. The van der Waals surface area contributed by atoms with Gasteiger partial charge >= 0.3 is 12.3 Å². The zero-order valence-electron chi connectivity index (χ0n) is 16.3. The molecule has 0 atom stereocenters. The lowest BCUT2D eigenvalue weighted by atomic mass is 10.1. The average Bonchev–Trinajstić information content (AvgIpc) is 2.59. The normalized spacial score (nSPS) is 16.2. The van der Waals surface area contributed by atoms with Crippen LogP contribution in [0.25, 0.3) is 6.08 Å². The van der Waals surface area contributed by atoms with E-state index >= 15 is 0 Å². The Labute approximate surface area is 172 Å². The molecule has 1 aliphatic rings. The van der Waals surface area contributed by atoms with Crippen molar-refractivity contribution in [2.24, 2.45) is 0 Å². The first-order valence-corrected chi connectivity index (χ1v) is 9.42. The maximum Gasteiger partial charge on any atom is 0.417 e. The van der Waals surface area contributed by atoms with Gasteiger partial charge in [-0.2, -0.15) is 13.2 Å². The van der Waals surface area contributed by atoms with E-state index in [1.54, 1.807) is 25.7 Å². The molecule has 2 heterocycles. The van der Waals surface area contributed by atoms with E-state index in [2.05, 4.69) is 10.3 Å². The Morgan fingerprint density at radius 1 is 1.28 bits per heavy atom. The van der Waals surface area contributed by atoms with Crippen molar-refractivity contribution in [3.8, 4) is 0 Å². The van der Waals surface area contributed by atoms with Crippen molar-refractivity contribution >= 4 is 29.7 Å². The van der Waals surface area contributed by atoms with E-state index in [9.17, 15) is 22.8 Å². The standard InChI is InChI=1S/C19H23ClF3N3O3/c1-18(2,3)29-17(28)26-8-6-13(7-9-26)25-16(27)5-4-15-14(20)10-12(11-24-15)19(21,22)23/h4-5,10-11,13H,6-9H2,1-3H3,(H,25,27). The molecule has 0 aromatic carbocycles. The number of alkyl halides is 3. The maximum absolute atomic E-state index is 12.6. The molecule has 1 fully saturated rings.